The Balaban J connectivity index is 2.16. The van der Waals surface area contributed by atoms with Gasteiger partial charge in [-0.3, -0.25) is 9.59 Å². The molecule has 0 saturated heterocycles. The Morgan fingerprint density at radius 2 is 1.94 bits per heavy atom. The van der Waals surface area contributed by atoms with Crippen LogP contribution in [0.25, 0.3) is 0 Å². The molecule has 0 aromatic rings. The minimum Gasteiger partial charge on any atom is -0.294 e. The van der Waals surface area contributed by atoms with Crippen LogP contribution in [-0.4, -0.2) is 11.6 Å². The number of carbonyl (C=O) groups is 2. The molecule has 18 heavy (non-hydrogen) atoms. The third kappa shape index (κ3) is 1.64. The average molecular weight is 279 g/mol. The molecule has 0 aliphatic heterocycles. The number of halogens is 2. The molecule has 0 bridgehead atoms. The molecule has 3 aliphatic rings. The van der Waals surface area contributed by atoms with Gasteiger partial charge in [0.15, 0.2) is 11.6 Å². The van der Waals surface area contributed by atoms with Gasteiger partial charge in [0.1, 0.15) is 5.03 Å². The summed E-state index contributed by atoms with van der Waals surface area (Å²) in [4.78, 5) is 23.8. The molecule has 1 atom stereocenters. The van der Waals surface area contributed by atoms with Crippen LogP contribution in [0.3, 0.4) is 0 Å². The summed E-state index contributed by atoms with van der Waals surface area (Å²) in [5.74, 6) is -0.689. The number of allylic oxidation sites excluding steroid dienone is 10. The molecule has 0 heterocycles. The lowest BCUT2D eigenvalue weighted by molar-refractivity contribution is -0.116. The van der Waals surface area contributed by atoms with Gasteiger partial charge in [-0.2, -0.15) is 0 Å². The SMILES string of the molecule is O=C1CC=CC2=CC3=CC(Cl)=C(Cl)C(=O)C3C=C12. The van der Waals surface area contributed by atoms with Crippen LogP contribution < -0.4 is 0 Å². The maximum atomic E-state index is 12.0. The molecule has 0 spiro atoms. The first-order valence-electron chi connectivity index (χ1n) is 5.52. The number of rotatable bonds is 0. The van der Waals surface area contributed by atoms with E-state index < -0.39 is 5.92 Å². The molecule has 4 heteroatoms. The second-order valence-electron chi connectivity index (χ2n) is 4.36. The number of hydrogen-bond donors (Lipinski definition) is 0. The van der Waals surface area contributed by atoms with E-state index in [0.29, 0.717) is 12.0 Å². The van der Waals surface area contributed by atoms with Gasteiger partial charge in [-0.1, -0.05) is 41.4 Å². The normalized spacial score (nSPS) is 26.3. The van der Waals surface area contributed by atoms with E-state index in [9.17, 15) is 9.59 Å². The molecule has 0 fully saturated rings. The maximum Gasteiger partial charge on any atom is 0.186 e. The van der Waals surface area contributed by atoms with Crippen molar-refractivity contribution in [2.75, 3.05) is 0 Å². The number of carbonyl (C=O) groups excluding carboxylic acids is 2. The van der Waals surface area contributed by atoms with Crippen LogP contribution in [0.15, 0.2) is 57.2 Å². The summed E-state index contributed by atoms with van der Waals surface area (Å²) >= 11 is 11.8. The van der Waals surface area contributed by atoms with E-state index in [2.05, 4.69) is 0 Å². The Kier molecular flexibility index (Phi) is 2.65. The minimum absolute atomic E-state index is 0.0346. The molecule has 0 radical (unpaired) electrons. The molecule has 0 aromatic heterocycles. The molecule has 1 unspecified atom stereocenters. The predicted octanol–water partition coefficient (Wildman–Crippen LogP) is 3.20. The van der Waals surface area contributed by atoms with E-state index in [1.165, 1.54) is 0 Å². The molecular formula is C14H8Cl2O2. The van der Waals surface area contributed by atoms with E-state index >= 15 is 0 Å². The molecule has 3 aliphatic carbocycles. The van der Waals surface area contributed by atoms with Gasteiger partial charge in [-0.15, -0.1) is 0 Å². The van der Waals surface area contributed by atoms with Crippen LogP contribution in [0.5, 0.6) is 0 Å². The molecular weight excluding hydrogens is 271 g/mol. The van der Waals surface area contributed by atoms with Crippen molar-refractivity contribution in [3.63, 3.8) is 0 Å². The van der Waals surface area contributed by atoms with Crippen LogP contribution in [0.4, 0.5) is 0 Å². The lowest BCUT2D eigenvalue weighted by Crippen LogP contribution is -2.23. The molecule has 90 valence electrons. The van der Waals surface area contributed by atoms with Crippen molar-refractivity contribution in [1.29, 1.82) is 0 Å². The quantitative estimate of drug-likeness (QED) is 0.682. The summed E-state index contributed by atoms with van der Waals surface area (Å²) in [5.41, 5.74) is 2.23. The molecule has 0 saturated carbocycles. The van der Waals surface area contributed by atoms with Gasteiger partial charge < -0.3 is 0 Å². The Morgan fingerprint density at radius 3 is 2.72 bits per heavy atom. The number of Topliss-reactive ketones (excluding diaryl/α,β-unsaturated/α-hetero) is 2. The zero-order valence-corrected chi connectivity index (χ0v) is 10.8. The van der Waals surface area contributed by atoms with Gasteiger partial charge in [0.2, 0.25) is 0 Å². The van der Waals surface area contributed by atoms with Gasteiger partial charge in [0, 0.05) is 12.0 Å². The first kappa shape index (κ1) is 11.7. The topological polar surface area (TPSA) is 34.1 Å². The summed E-state index contributed by atoms with van der Waals surface area (Å²) in [6.07, 6.45) is 9.30. The first-order valence-corrected chi connectivity index (χ1v) is 6.28. The lowest BCUT2D eigenvalue weighted by atomic mass is 9.78. The third-order valence-electron chi connectivity index (χ3n) is 3.23. The molecule has 0 amide bonds. The van der Waals surface area contributed by atoms with E-state index in [0.717, 1.165) is 11.1 Å². The van der Waals surface area contributed by atoms with E-state index in [1.54, 1.807) is 12.2 Å². The van der Waals surface area contributed by atoms with Crippen LogP contribution in [0.1, 0.15) is 6.42 Å². The standard InChI is InChI=1S/C14H8Cl2O2/c15-11-5-8-4-7-2-1-3-12(17)9(7)6-10(8)14(18)13(11)16/h1-2,4-6,10H,3H2. The fourth-order valence-electron chi connectivity index (χ4n) is 2.32. The van der Waals surface area contributed by atoms with E-state index in [1.807, 2.05) is 18.2 Å². The Hall–Kier alpha value is -1.38. The van der Waals surface area contributed by atoms with Crippen molar-refractivity contribution in [2.45, 2.75) is 6.42 Å². The molecule has 2 nitrogen and oxygen atoms in total. The van der Waals surface area contributed by atoms with Crippen molar-refractivity contribution in [2.24, 2.45) is 5.92 Å². The van der Waals surface area contributed by atoms with E-state index in [4.69, 9.17) is 23.2 Å². The molecule has 3 rings (SSSR count). The van der Waals surface area contributed by atoms with Crippen molar-refractivity contribution in [1.82, 2.24) is 0 Å². The third-order valence-corrected chi connectivity index (χ3v) is 4.01. The van der Waals surface area contributed by atoms with Crippen molar-refractivity contribution < 1.29 is 9.59 Å². The van der Waals surface area contributed by atoms with Crippen LogP contribution in [-0.2, 0) is 9.59 Å². The number of ketones is 2. The Bertz CT molecular complexity index is 630. The zero-order chi connectivity index (χ0) is 12.9. The van der Waals surface area contributed by atoms with Gasteiger partial charge in [0.25, 0.3) is 0 Å². The highest BCUT2D eigenvalue weighted by atomic mass is 35.5. The number of hydrogen-bond acceptors (Lipinski definition) is 2. The maximum absolute atomic E-state index is 12.0. The molecule has 0 N–H and O–H groups in total. The highest BCUT2D eigenvalue weighted by Crippen LogP contribution is 2.38. The van der Waals surface area contributed by atoms with Crippen LogP contribution >= 0.6 is 23.2 Å². The van der Waals surface area contributed by atoms with Crippen LogP contribution in [0, 0.1) is 5.92 Å². The summed E-state index contributed by atoms with van der Waals surface area (Å²) in [5, 5.41) is 0.297. The van der Waals surface area contributed by atoms with E-state index in [-0.39, 0.29) is 21.6 Å². The second-order valence-corrected chi connectivity index (χ2v) is 5.14. The van der Waals surface area contributed by atoms with Crippen molar-refractivity contribution in [3.05, 3.63) is 57.2 Å². The van der Waals surface area contributed by atoms with Crippen LogP contribution in [0.2, 0.25) is 0 Å². The smallest absolute Gasteiger partial charge is 0.186 e. The van der Waals surface area contributed by atoms with Gasteiger partial charge >= 0.3 is 0 Å². The Labute approximate surface area is 114 Å². The number of fused-ring (bicyclic) bond motifs is 2. The van der Waals surface area contributed by atoms with Gasteiger partial charge in [0.05, 0.1) is 11.0 Å². The summed E-state index contributed by atoms with van der Waals surface area (Å²) in [6, 6.07) is 0. The fraction of sp³-hybridized carbons (Fsp3) is 0.143. The first-order chi connectivity index (χ1) is 8.58. The summed E-state index contributed by atoms with van der Waals surface area (Å²) in [6.45, 7) is 0. The van der Waals surface area contributed by atoms with Crippen molar-refractivity contribution >= 4 is 34.8 Å². The zero-order valence-electron chi connectivity index (χ0n) is 9.24. The highest BCUT2D eigenvalue weighted by Gasteiger charge is 2.33. The predicted molar refractivity (Wildman–Crippen MR) is 70.2 cm³/mol. The summed E-state index contributed by atoms with van der Waals surface area (Å²) < 4.78 is 0. The van der Waals surface area contributed by atoms with Gasteiger partial charge in [-0.05, 0) is 23.3 Å². The largest absolute Gasteiger partial charge is 0.294 e. The fourth-order valence-corrected chi connectivity index (χ4v) is 2.71. The van der Waals surface area contributed by atoms with Crippen molar-refractivity contribution in [3.8, 4) is 0 Å². The second kappa shape index (κ2) is 4.08. The highest BCUT2D eigenvalue weighted by molar-refractivity contribution is 6.50. The Morgan fingerprint density at radius 1 is 1.17 bits per heavy atom. The lowest BCUT2D eigenvalue weighted by Gasteiger charge is -2.25. The monoisotopic (exact) mass is 278 g/mol. The summed E-state index contributed by atoms with van der Waals surface area (Å²) in [7, 11) is 0. The van der Waals surface area contributed by atoms with Gasteiger partial charge in [-0.25, -0.2) is 0 Å². The average Bonchev–Trinajstić information content (AvgIpc) is 2.35. The molecule has 0 aromatic carbocycles. The minimum atomic E-state index is -0.478.